The van der Waals surface area contributed by atoms with Gasteiger partial charge < -0.3 is 4.90 Å². The molecule has 0 aliphatic carbocycles. The van der Waals surface area contributed by atoms with Gasteiger partial charge in [-0.3, -0.25) is 4.90 Å². The summed E-state index contributed by atoms with van der Waals surface area (Å²) in [4.78, 5) is 5.02. The molecule has 114 valence electrons. The van der Waals surface area contributed by atoms with Crippen LogP contribution in [-0.2, 0) is 5.54 Å². The minimum atomic E-state index is -0.0719. The number of piperazine rings is 1. The van der Waals surface area contributed by atoms with Crippen molar-refractivity contribution < 1.29 is 0 Å². The Morgan fingerprint density at radius 1 is 1.10 bits per heavy atom. The Bertz CT molecular complexity index is 414. The van der Waals surface area contributed by atoms with Gasteiger partial charge in [0.15, 0.2) is 5.82 Å². The van der Waals surface area contributed by atoms with Gasteiger partial charge in [-0.25, -0.2) is 4.68 Å². The Morgan fingerprint density at radius 3 is 2.25 bits per heavy atom. The number of nitrogens with zero attached hydrogens (tertiary/aromatic N) is 6. The average molecular weight is 280 g/mol. The zero-order valence-corrected chi connectivity index (χ0v) is 13.5. The summed E-state index contributed by atoms with van der Waals surface area (Å²) in [6.45, 7) is 16.5. The summed E-state index contributed by atoms with van der Waals surface area (Å²) in [5, 5.41) is 12.4. The van der Waals surface area contributed by atoms with Crippen LogP contribution >= 0.6 is 0 Å². The molecule has 0 amide bonds. The molecule has 0 saturated carbocycles. The Balaban J connectivity index is 2.15. The van der Waals surface area contributed by atoms with E-state index in [9.17, 15) is 0 Å². The molecule has 2 rings (SSSR count). The van der Waals surface area contributed by atoms with Crippen molar-refractivity contribution in [2.45, 2.75) is 52.6 Å². The number of aromatic nitrogens is 4. The summed E-state index contributed by atoms with van der Waals surface area (Å²) in [6.07, 6.45) is 1.04. The molecule has 0 aromatic carbocycles. The maximum Gasteiger partial charge on any atom is 0.168 e. The zero-order chi connectivity index (χ0) is 14.8. The molecule has 2 heterocycles. The van der Waals surface area contributed by atoms with Crippen LogP contribution in [0.2, 0.25) is 0 Å². The van der Waals surface area contributed by atoms with Gasteiger partial charge in [0.1, 0.15) is 0 Å². The molecule has 6 nitrogen and oxygen atoms in total. The van der Waals surface area contributed by atoms with Gasteiger partial charge >= 0.3 is 0 Å². The summed E-state index contributed by atoms with van der Waals surface area (Å²) in [7, 11) is 0. The Morgan fingerprint density at radius 2 is 1.75 bits per heavy atom. The van der Waals surface area contributed by atoms with Crippen molar-refractivity contribution in [3.63, 3.8) is 0 Å². The van der Waals surface area contributed by atoms with Gasteiger partial charge in [-0.1, -0.05) is 13.8 Å². The molecule has 20 heavy (non-hydrogen) atoms. The van der Waals surface area contributed by atoms with E-state index in [1.807, 2.05) is 4.68 Å². The first-order valence-electron chi connectivity index (χ1n) is 7.72. The molecule has 0 radical (unpaired) electrons. The van der Waals surface area contributed by atoms with Crippen LogP contribution in [0.3, 0.4) is 0 Å². The molecule has 1 aromatic rings. The van der Waals surface area contributed by atoms with Gasteiger partial charge in [0.2, 0.25) is 0 Å². The molecule has 6 heteroatoms. The van der Waals surface area contributed by atoms with Crippen LogP contribution in [0.15, 0.2) is 0 Å². The second kappa shape index (κ2) is 6.18. The van der Waals surface area contributed by atoms with Gasteiger partial charge in [-0.2, -0.15) is 0 Å². The lowest BCUT2D eigenvalue weighted by Gasteiger charge is -2.38. The van der Waals surface area contributed by atoms with E-state index in [4.69, 9.17) is 0 Å². The average Bonchev–Trinajstić information content (AvgIpc) is 2.90. The number of hydrogen-bond donors (Lipinski definition) is 0. The van der Waals surface area contributed by atoms with E-state index in [0.717, 1.165) is 45.0 Å². The summed E-state index contributed by atoms with van der Waals surface area (Å²) in [6, 6.07) is 0.322. The third kappa shape index (κ3) is 3.17. The topological polar surface area (TPSA) is 50.1 Å². The van der Waals surface area contributed by atoms with E-state index >= 15 is 0 Å². The van der Waals surface area contributed by atoms with E-state index in [1.54, 1.807) is 0 Å². The van der Waals surface area contributed by atoms with Crippen LogP contribution in [0.1, 0.15) is 52.9 Å². The molecule has 0 N–H and O–H groups in total. The minimum Gasteiger partial charge on any atom is -0.301 e. The summed E-state index contributed by atoms with van der Waals surface area (Å²) < 4.78 is 1.98. The lowest BCUT2D eigenvalue weighted by atomic mass is 10.1. The predicted molar refractivity (Wildman–Crippen MR) is 79.5 cm³/mol. The van der Waals surface area contributed by atoms with Crippen LogP contribution in [0, 0.1) is 0 Å². The highest BCUT2D eigenvalue weighted by atomic mass is 15.6. The molecule has 0 spiro atoms. The smallest absolute Gasteiger partial charge is 0.168 e. The molecule has 1 aliphatic rings. The second-order valence-corrected chi connectivity index (χ2v) is 6.51. The van der Waals surface area contributed by atoms with Gasteiger partial charge in [0, 0.05) is 26.2 Å². The van der Waals surface area contributed by atoms with Crippen LogP contribution in [0.25, 0.3) is 0 Å². The fourth-order valence-electron chi connectivity index (χ4n) is 2.87. The van der Waals surface area contributed by atoms with Gasteiger partial charge in [-0.15, -0.1) is 5.10 Å². The third-order valence-corrected chi connectivity index (χ3v) is 4.11. The standard InChI is InChI=1S/C14H28N6/c1-6-12(19-10-8-18(7-2)9-11-19)13-15-16-17-20(13)14(3,4)5/h12H,6-11H2,1-5H3. The number of rotatable bonds is 4. The molecule has 1 atom stereocenters. The number of hydrogen-bond acceptors (Lipinski definition) is 5. The summed E-state index contributed by atoms with van der Waals surface area (Å²) >= 11 is 0. The van der Waals surface area contributed by atoms with Crippen LogP contribution in [-0.4, -0.2) is 62.7 Å². The first kappa shape index (κ1) is 15.4. The van der Waals surface area contributed by atoms with Crippen LogP contribution in [0.4, 0.5) is 0 Å². The van der Waals surface area contributed by atoms with Gasteiger partial charge in [-0.05, 0) is 44.2 Å². The molecular formula is C14H28N6. The highest BCUT2D eigenvalue weighted by Gasteiger charge is 2.30. The van der Waals surface area contributed by atoms with E-state index in [0.29, 0.717) is 6.04 Å². The molecular weight excluding hydrogens is 252 g/mol. The van der Waals surface area contributed by atoms with Crippen molar-refractivity contribution in [1.82, 2.24) is 30.0 Å². The zero-order valence-electron chi connectivity index (χ0n) is 13.5. The van der Waals surface area contributed by atoms with Crippen molar-refractivity contribution >= 4 is 0 Å². The second-order valence-electron chi connectivity index (χ2n) is 6.51. The SMILES string of the molecule is CCC(c1nnnn1C(C)(C)C)N1CCN(CC)CC1. The highest BCUT2D eigenvalue weighted by molar-refractivity contribution is 4.97. The summed E-state index contributed by atoms with van der Waals surface area (Å²) in [5.74, 6) is 1.00. The highest BCUT2D eigenvalue weighted by Crippen LogP contribution is 2.26. The van der Waals surface area contributed by atoms with Gasteiger partial charge in [0.05, 0.1) is 11.6 Å². The molecule has 1 unspecified atom stereocenters. The molecule has 1 aliphatic heterocycles. The summed E-state index contributed by atoms with van der Waals surface area (Å²) in [5.41, 5.74) is -0.0719. The predicted octanol–water partition coefficient (Wildman–Crippen LogP) is 1.52. The normalized spacial score (nSPS) is 20.2. The van der Waals surface area contributed by atoms with Gasteiger partial charge in [0.25, 0.3) is 0 Å². The maximum atomic E-state index is 4.31. The quantitative estimate of drug-likeness (QED) is 0.837. The molecule has 1 aromatic heterocycles. The van der Waals surface area contributed by atoms with Crippen molar-refractivity contribution in [1.29, 1.82) is 0 Å². The Kier molecular flexibility index (Phi) is 4.75. The van der Waals surface area contributed by atoms with E-state index in [2.05, 4.69) is 59.9 Å². The molecule has 1 saturated heterocycles. The minimum absolute atomic E-state index is 0.0719. The van der Waals surface area contributed by atoms with Crippen molar-refractivity contribution in [2.75, 3.05) is 32.7 Å². The Labute approximate surface area is 122 Å². The maximum absolute atomic E-state index is 4.31. The van der Waals surface area contributed by atoms with Crippen molar-refractivity contribution in [3.05, 3.63) is 5.82 Å². The molecule has 0 bridgehead atoms. The first-order chi connectivity index (χ1) is 9.47. The lowest BCUT2D eigenvalue weighted by molar-refractivity contribution is 0.0887. The fraction of sp³-hybridized carbons (Fsp3) is 0.929. The van der Waals surface area contributed by atoms with E-state index in [1.165, 1.54) is 0 Å². The van der Waals surface area contributed by atoms with Crippen LogP contribution in [0.5, 0.6) is 0 Å². The molecule has 1 fully saturated rings. The van der Waals surface area contributed by atoms with Crippen molar-refractivity contribution in [2.24, 2.45) is 0 Å². The Hall–Kier alpha value is -1.01. The fourth-order valence-corrected chi connectivity index (χ4v) is 2.87. The number of likely N-dealkylation sites (N-methyl/N-ethyl adjacent to an activating group) is 1. The largest absolute Gasteiger partial charge is 0.301 e. The van der Waals surface area contributed by atoms with Crippen molar-refractivity contribution in [3.8, 4) is 0 Å². The van der Waals surface area contributed by atoms with E-state index in [-0.39, 0.29) is 5.54 Å². The van der Waals surface area contributed by atoms with E-state index < -0.39 is 0 Å². The first-order valence-corrected chi connectivity index (χ1v) is 7.72. The van der Waals surface area contributed by atoms with Crippen LogP contribution < -0.4 is 0 Å². The lowest BCUT2D eigenvalue weighted by Crippen LogP contribution is -2.48. The number of tetrazole rings is 1. The monoisotopic (exact) mass is 280 g/mol. The third-order valence-electron chi connectivity index (χ3n) is 4.11.